The van der Waals surface area contributed by atoms with Gasteiger partial charge in [-0.05, 0) is 113 Å². The Morgan fingerprint density at radius 1 is 0.269 bits per heavy atom. The van der Waals surface area contributed by atoms with Crippen LogP contribution < -0.4 is 4.90 Å². The summed E-state index contributed by atoms with van der Waals surface area (Å²) in [5, 5.41) is 2.43. The molecule has 0 amide bonds. The minimum atomic E-state index is -0.595. The smallest absolute Gasteiger partial charge is 0.0726 e. The number of benzene rings is 11. The van der Waals surface area contributed by atoms with Crippen molar-refractivity contribution in [3.05, 3.63) is 305 Å². The maximum absolute atomic E-state index is 2.57. The first kappa shape index (κ1) is 37.8. The van der Waals surface area contributed by atoms with Gasteiger partial charge in [0.25, 0.3) is 0 Å². The minimum Gasteiger partial charge on any atom is -0.309 e. The maximum Gasteiger partial charge on any atom is 0.0726 e. The van der Waals surface area contributed by atoms with Gasteiger partial charge in [-0.3, -0.25) is 0 Å². The van der Waals surface area contributed by atoms with E-state index in [1.165, 1.54) is 99.8 Å². The van der Waals surface area contributed by atoms with E-state index in [2.05, 4.69) is 266 Å². The van der Waals surface area contributed by atoms with E-state index in [-0.39, 0.29) is 0 Å². The van der Waals surface area contributed by atoms with Crippen molar-refractivity contribution >= 4 is 27.8 Å². The van der Waals surface area contributed by atoms with E-state index in [4.69, 9.17) is 0 Å². The highest BCUT2D eigenvalue weighted by molar-refractivity contribution is 6.17. The van der Waals surface area contributed by atoms with E-state index in [1.54, 1.807) is 0 Å². The van der Waals surface area contributed by atoms with Crippen molar-refractivity contribution < 1.29 is 0 Å². The Balaban J connectivity index is 1.14. The van der Waals surface area contributed by atoms with Gasteiger partial charge in [0.15, 0.2) is 0 Å². The summed E-state index contributed by atoms with van der Waals surface area (Å²) in [7, 11) is 0. The molecule has 0 aliphatic heterocycles. The summed E-state index contributed by atoms with van der Waals surface area (Å²) < 4.78 is 0. The molecule has 3 aliphatic rings. The second kappa shape index (κ2) is 14.5. The number of hydrogen-bond acceptors (Lipinski definition) is 1. The Labute approximate surface area is 391 Å². The zero-order valence-corrected chi connectivity index (χ0v) is 36.8. The summed E-state index contributed by atoms with van der Waals surface area (Å²) in [5.41, 5.74) is 22.9. The Hall–Kier alpha value is -8.52. The van der Waals surface area contributed by atoms with E-state index >= 15 is 0 Å². The largest absolute Gasteiger partial charge is 0.309 e. The minimum absolute atomic E-state index is 0.482. The molecule has 0 radical (unpaired) electrons. The van der Waals surface area contributed by atoms with Crippen LogP contribution in [0.3, 0.4) is 0 Å². The van der Waals surface area contributed by atoms with Crippen molar-refractivity contribution in [1.82, 2.24) is 0 Å². The fraction of sp³-hybridized carbons (Fsp3) is 0.0303. The average Bonchev–Trinajstić information content (AvgIpc) is 4.00. The molecule has 0 saturated heterocycles. The van der Waals surface area contributed by atoms with Crippen LogP contribution in [0.15, 0.2) is 261 Å². The molecule has 0 bridgehead atoms. The summed E-state index contributed by atoms with van der Waals surface area (Å²) >= 11 is 0. The lowest BCUT2D eigenvalue weighted by Crippen LogP contribution is -2.29. The monoisotopic (exact) mass is 849 g/mol. The van der Waals surface area contributed by atoms with Gasteiger partial charge in [-0.15, -0.1) is 0 Å². The average molecular weight is 850 g/mol. The highest BCUT2D eigenvalue weighted by Crippen LogP contribution is 2.66. The van der Waals surface area contributed by atoms with Crippen LogP contribution in [0.4, 0.5) is 17.1 Å². The van der Waals surface area contributed by atoms with Gasteiger partial charge in [-0.2, -0.15) is 0 Å². The van der Waals surface area contributed by atoms with Crippen LogP contribution in [0.25, 0.3) is 55.3 Å². The maximum atomic E-state index is 2.57. The Bertz CT molecular complexity index is 3640. The predicted octanol–water partition coefficient (Wildman–Crippen LogP) is 16.7. The van der Waals surface area contributed by atoms with Crippen LogP contribution in [0.1, 0.15) is 44.5 Å². The molecule has 0 heterocycles. The molecular weight excluding hydrogens is 807 g/mol. The van der Waals surface area contributed by atoms with E-state index in [1.807, 2.05) is 0 Å². The third kappa shape index (κ3) is 5.03. The van der Waals surface area contributed by atoms with Crippen molar-refractivity contribution in [2.24, 2.45) is 0 Å². The van der Waals surface area contributed by atoms with Crippen LogP contribution in [-0.2, 0) is 10.8 Å². The number of fused-ring (bicyclic) bond motifs is 15. The third-order valence-corrected chi connectivity index (χ3v) is 15.1. The Morgan fingerprint density at radius 2 is 0.687 bits per heavy atom. The molecule has 1 spiro atoms. The molecular formula is C66H43N. The first-order chi connectivity index (χ1) is 33.3. The molecule has 0 aromatic heterocycles. The first-order valence-electron chi connectivity index (χ1n) is 23.4. The second-order valence-corrected chi connectivity index (χ2v) is 18.2. The van der Waals surface area contributed by atoms with Crippen molar-refractivity contribution in [2.45, 2.75) is 10.8 Å². The summed E-state index contributed by atoms with van der Waals surface area (Å²) in [4.78, 5) is 2.57. The van der Waals surface area contributed by atoms with Crippen molar-refractivity contribution in [3.63, 3.8) is 0 Å². The summed E-state index contributed by atoms with van der Waals surface area (Å²) in [5.74, 6) is 0. The molecule has 0 atom stereocenters. The number of hydrogen-bond donors (Lipinski definition) is 0. The van der Waals surface area contributed by atoms with Gasteiger partial charge >= 0.3 is 0 Å². The van der Waals surface area contributed by atoms with Gasteiger partial charge in [0.2, 0.25) is 0 Å². The molecule has 3 aliphatic carbocycles. The van der Waals surface area contributed by atoms with Crippen LogP contribution in [0, 0.1) is 0 Å². The van der Waals surface area contributed by atoms with E-state index < -0.39 is 10.8 Å². The van der Waals surface area contributed by atoms with Gasteiger partial charge in [0, 0.05) is 22.3 Å². The van der Waals surface area contributed by atoms with Gasteiger partial charge in [-0.1, -0.05) is 237 Å². The molecule has 0 unspecified atom stereocenters. The van der Waals surface area contributed by atoms with E-state index in [9.17, 15) is 0 Å². The Kier molecular flexibility index (Phi) is 8.18. The van der Waals surface area contributed by atoms with Crippen molar-refractivity contribution in [2.75, 3.05) is 4.90 Å². The molecule has 0 saturated carbocycles. The second-order valence-electron chi connectivity index (χ2n) is 18.2. The predicted molar refractivity (Wildman–Crippen MR) is 278 cm³/mol. The topological polar surface area (TPSA) is 3.24 Å². The molecule has 1 heteroatoms. The molecule has 11 aromatic rings. The number of rotatable bonds is 6. The van der Waals surface area contributed by atoms with Gasteiger partial charge in [0.1, 0.15) is 0 Å². The zero-order valence-electron chi connectivity index (χ0n) is 36.8. The van der Waals surface area contributed by atoms with Gasteiger partial charge in [-0.25, -0.2) is 0 Å². The summed E-state index contributed by atoms with van der Waals surface area (Å²) in [6.07, 6.45) is 0. The lowest BCUT2D eigenvalue weighted by molar-refractivity contribution is 0.775. The van der Waals surface area contributed by atoms with E-state index in [0.29, 0.717) is 0 Å². The Morgan fingerprint density at radius 3 is 1.24 bits per heavy atom. The molecule has 14 rings (SSSR count). The van der Waals surface area contributed by atoms with E-state index in [0.717, 1.165) is 17.1 Å². The number of nitrogens with zero attached hydrogens (tertiary/aromatic N) is 1. The fourth-order valence-corrected chi connectivity index (χ4v) is 12.7. The zero-order chi connectivity index (χ0) is 44.1. The lowest BCUT2D eigenvalue weighted by Gasteiger charge is -2.37. The lowest BCUT2D eigenvalue weighted by atomic mass is 9.66. The third-order valence-electron chi connectivity index (χ3n) is 15.1. The highest BCUT2D eigenvalue weighted by atomic mass is 15.1. The SMILES string of the molecule is c1ccc(-c2c3c(c4ccccc4c2N(c2ccccc2)c2ccc4c(c2)C2(c5ccccc5-c5ccccc52)c2ccccc2-4)C(c2ccccc2)(c2ccccc2)c2ccccc2-3)cc1. The quantitative estimate of drug-likeness (QED) is 0.161. The molecule has 0 N–H and O–H groups in total. The summed E-state index contributed by atoms with van der Waals surface area (Å²) in [6.45, 7) is 0. The first-order valence-corrected chi connectivity index (χ1v) is 23.4. The molecule has 1 nitrogen and oxygen atoms in total. The number of anilines is 3. The van der Waals surface area contributed by atoms with Gasteiger partial charge < -0.3 is 4.90 Å². The molecule has 11 aromatic carbocycles. The standard InChI is InChI=1S/C66H43N/c1-5-23-44(24-6-1)61-62-55-36-18-22-40-59(55)65(45-25-7-2-8-26-45,46-27-9-3-10-28-46)63(62)53-34-13-14-35-54(53)64(61)67(47-29-11-4-12-30-47)48-41-42-52-51-33-17-21-39-58(51)66(60(52)43-48)56-37-19-15-31-49(56)50-32-16-20-38-57(50)66/h1-43H. The summed E-state index contributed by atoms with van der Waals surface area (Å²) in [6, 6.07) is 97.6. The highest BCUT2D eigenvalue weighted by Gasteiger charge is 2.52. The number of para-hydroxylation sites is 1. The molecule has 67 heavy (non-hydrogen) atoms. The molecule has 312 valence electrons. The van der Waals surface area contributed by atoms with Crippen molar-refractivity contribution in [3.8, 4) is 44.5 Å². The van der Waals surface area contributed by atoms with Crippen LogP contribution in [0.5, 0.6) is 0 Å². The molecule has 0 fully saturated rings. The normalized spacial score (nSPS) is 13.9. The van der Waals surface area contributed by atoms with Crippen LogP contribution in [0.2, 0.25) is 0 Å². The van der Waals surface area contributed by atoms with Crippen LogP contribution in [-0.4, -0.2) is 0 Å². The fourth-order valence-electron chi connectivity index (χ4n) is 12.7. The van der Waals surface area contributed by atoms with Crippen molar-refractivity contribution in [1.29, 1.82) is 0 Å². The van der Waals surface area contributed by atoms with Crippen LogP contribution >= 0.6 is 0 Å². The van der Waals surface area contributed by atoms with Gasteiger partial charge in [0.05, 0.1) is 16.5 Å².